The number of carboxylic acids is 1. The molecular weight excluding hydrogens is 242 g/mol. The van der Waals surface area contributed by atoms with Crippen molar-refractivity contribution in [2.24, 2.45) is 0 Å². The van der Waals surface area contributed by atoms with Crippen LogP contribution in [0, 0.1) is 0 Å². The van der Waals surface area contributed by atoms with Crippen LogP contribution < -0.4 is 0 Å². The van der Waals surface area contributed by atoms with E-state index < -0.39 is 5.97 Å². The summed E-state index contributed by atoms with van der Waals surface area (Å²) in [6.07, 6.45) is 0. The molecule has 2 aromatic heterocycles. The minimum absolute atomic E-state index is 0.234. The summed E-state index contributed by atoms with van der Waals surface area (Å²) in [6.45, 7) is 0. The second-order valence-corrected chi connectivity index (χ2v) is 4.05. The van der Waals surface area contributed by atoms with Gasteiger partial charge in [0.15, 0.2) is 0 Å². The molecule has 5 heteroatoms. The van der Waals surface area contributed by atoms with Gasteiger partial charge in [-0.15, -0.1) is 11.3 Å². The van der Waals surface area contributed by atoms with Gasteiger partial charge in [-0.1, -0.05) is 0 Å². The Labute approximate surface area is 80.2 Å². The van der Waals surface area contributed by atoms with Gasteiger partial charge >= 0.3 is 5.97 Å². The number of fused-ring (bicyclic) bond motifs is 1. The summed E-state index contributed by atoms with van der Waals surface area (Å²) in [5.41, 5.74) is 0.234. The first-order chi connectivity index (χ1) is 5.68. The molecule has 2 aromatic rings. The van der Waals surface area contributed by atoms with Gasteiger partial charge in [0.25, 0.3) is 0 Å². The zero-order chi connectivity index (χ0) is 8.72. The Hall–Kier alpha value is -0.810. The average Bonchev–Trinajstić information content (AvgIpc) is 2.53. The number of H-pyrrole nitrogens is 1. The van der Waals surface area contributed by atoms with Crippen molar-refractivity contribution in [3.63, 3.8) is 0 Å². The van der Waals surface area contributed by atoms with Crippen LogP contribution >= 0.6 is 27.3 Å². The van der Waals surface area contributed by atoms with Crippen molar-refractivity contribution in [3.8, 4) is 0 Å². The normalized spacial score (nSPS) is 10.8. The minimum Gasteiger partial charge on any atom is -0.477 e. The van der Waals surface area contributed by atoms with E-state index in [1.807, 2.05) is 5.38 Å². The minimum atomic E-state index is -0.926. The van der Waals surface area contributed by atoms with Gasteiger partial charge in [-0.3, -0.25) is 0 Å². The standard InChI is InChI=1S/C7H4BrNO2S/c8-4-2-12-6-3(4)1-5(9-6)7(10)11/h1-2,9H,(H,10,11). The highest BCUT2D eigenvalue weighted by Gasteiger charge is 2.10. The third-order valence-corrected chi connectivity index (χ3v) is 3.42. The molecule has 0 atom stereocenters. The van der Waals surface area contributed by atoms with E-state index in [1.54, 1.807) is 6.07 Å². The first-order valence-electron chi connectivity index (χ1n) is 3.17. The molecule has 0 aliphatic carbocycles. The molecule has 0 aliphatic rings. The van der Waals surface area contributed by atoms with Gasteiger partial charge < -0.3 is 10.1 Å². The number of nitrogens with one attached hydrogen (secondary N) is 1. The van der Waals surface area contributed by atoms with Gasteiger partial charge in [-0.2, -0.15) is 0 Å². The lowest BCUT2D eigenvalue weighted by Crippen LogP contribution is -1.94. The molecule has 2 rings (SSSR count). The topological polar surface area (TPSA) is 53.1 Å². The van der Waals surface area contributed by atoms with Crippen molar-refractivity contribution in [1.29, 1.82) is 0 Å². The van der Waals surface area contributed by atoms with Crippen molar-refractivity contribution in [2.45, 2.75) is 0 Å². The summed E-state index contributed by atoms with van der Waals surface area (Å²) in [7, 11) is 0. The van der Waals surface area contributed by atoms with Crippen LogP contribution in [0.4, 0.5) is 0 Å². The van der Waals surface area contributed by atoms with Crippen LogP contribution in [0.5, 0.6) is 0 Å². The maximum atomic E-state index is 10.5. The maximum Gasteiger partial charge on any atom is 0.352 e. The Kier molecular flexibility index (Phi) is 1.69. The third kappa shape index (κ3) is 1.05. The lowest BCUT2D eigenvalue weighted by atomic mass is 10.4. The molecule has 0 aromatic carbocycles. The molecular formula is C7H4BrNO2S. The van der Waals surface area contributed by atoms with Crippen LogP contribution in [0.2, 0.25) is 0 Å². The van der Waals surface area contributed by atoms with Gasteiger partial charge in [-0.05, 0) is 22.0 Å². The third-order valence-electron chi connectivity index (χ3n) is 1.55. The Morgan fingerprint density at radius 2 is 2.42 bits per heavy atom. The number of hydrogen-bond acceptors (Lipinski definition) is 2. The number of carbonyl (C=O) groups is 1. The molecule has 62 valence electrons. The number of halogens is 1. The van der Waals surface area contributed by atoms with Crippen molar-refractivity contribution in [3.05, 3.63) is 21.6 Å². The fraction of sp³-hybridized carbons (Fsp3) is 0. The fourth-order valence-corrected chi connectivity index (χ4v) is 2.53. The summed E-state index contributed by atoms with van der Waals surface area (Å²) in [4.78, 5) is 14.2. The predicted octanol–water partition coefficient (Wildman–Crippen LogP) is 2.69. The highest BCUT2D eigenvalue weighted by Crippen LogP contribution is 2.30. The summed E-state index contributed by atoms with van der Waals surface area (Å²) in [5.74, 6) is -0.926. The molecule has 3 nitrogen and oxygen atoms in total. The van der Waals surface area contributed by atoms with E-state index in [0.717, 1.165) is 14.7 Å². The van der Waals surface area contributed by atoms with E-state index >= 15 is 0 Å². The van der Waals surface area contributed by atoms with E-state index in [0.29, 0.717) is 0 Å². The SMILES string of the molecule is O=C(O)c1cc2c(Br)csc2[nH]1. The number of hydrogen-bond donors (Lipinski definition) is 2. The highest BCUT2D eigenvalue weighted by molar-refractivity contribution is 9.10. The highest BCUT2D eigenvalue weighted by atomic mass is 79.9. The van der Waals surface area contributed by atoms with E-state index in [9.17, 15) is 4.79 Å². The smallest absolute Gasteiger partial charge is 0.352 e. The van der Waals surface area contributed by atoms with Crippen molar-refractivity contribution < 1.29 is 9.90 Å². The number of aromatic nitrogens is 1. The quantitative estimate of drug-likeness (QED) is 0.812. The first-order valence-corrected chi connectivity index (χ1v) is 4.85. The Balaban J connectivity index is 2.70. The summed E-state index contributed by atoms with van der Waals surface area (Å²) < 4.78 is 0.936. The average molecular weight is 246 g/mol. The zero-order valence-corrected chi connectivity index (χ0v) is 8.20. The van der Waals surface area contributed by atoms with Crippen LogP contribution in [0.3, 0.4) is 0 Å². The molecule has 0 amide bonds. The van der Waals surface area contributed by atoms with Crippen molar-refractivity contribution in [2.75, 3.05) is 0 Å². The van der Waals surface area contributed by atoms with Crippen LogP contribution in [0.1, 0.15) is 10.5 Å². The largest absolute Gasteiger partial charge is 0.477 e. The summed E-state index contributed by atoms with van der Waals surface area (Å²) >= 11 is 4.81. The summed E-state index contributed by atoms with van der Waals surface area (Å²) in [5, 5.41) is 11.5. The Bertz CT molecular complexity index is 445. The number of aromatic amines is 1. The second-order valence-electron chi connectivity index (χ2n) is 2.31. The lowest BCUT2D eigenvalue weighted by Gasteiger charge is -1.82. The van der Waals surface area contributed by atoms with Gasteiger partial charge in [0.1, 0.15) is 10.5 Å². The van der Waals surface area contributed by atoms with Crippen molar-refractivity contribution >= 4 is 43.5 Å². The molecule has 0 fully saturated rings. The second kappa shape index (κ2) is 2.60. The molecule has 2 heterocycles. The Morgan fingerprint density at radius 3 is 3.00 bits per heavy atom. The van der Waals surface area contributed by atoms with Gasteiger partial charge in [0.05, 0.1) is 0 Å². The van der Waals surface area contributed by atoms with Crippen LogP contribution in [0.15, 0.2) is 15.9 Å². The van der Waals surface area contributed by atoms with Gasteiger partial charge in [0.2, 0.25) is 0 Å². The molecule has 0 radical (unpaired) electrons. The van der Waals surface area contributed by atoms with Gasteiger partial charge in [0, 0.05) is 15.2 Å². The van der Waals surface area contributed by atoms with E-state index in [2.05, 4.69) is 20.9 Å². The molecule has 2 N–H and O–H groups in total. The monoisotopic (exact) mass is 245 g/mol. The molecule has 0 spiro atoms. The van der Waals surface area contributed by atoms with E-state index in [1.165, 1.54) is 11.3 Å². The number of rotatable bonds is 1. The zero-order valence-electron chi connectivity index (χ0n) is 5.80. The van der Waals surface area contributed by atoms with E-state index in [-0.39, 0.29) is 5.69 Å². The van der Waals surface area contributed by atoms with E-state index in [4.69, 9.17) is 5.11 Å². The lowest BCUT2D eigenvalue weighted by molar-refractivity contribution is 0.0691. The van der Waals surface area contributed by atoms with Gasteiger partial charge in [-0.25, -0.2) is 4.79 Å². The molecule has 0 saturated heterocycles. The summed E-state index contributed by atoms with van der Waals surface area (Å²) in [6, 6.07) is 1.62. The number of carboxylic acid groups (broad SMARTS) is 1. The van der Waals surface area contributed by atoms with Crippen molar-refractivity contribution in [1.82, 2.24) is 4.98 Å². The maximum absolute atomic E-state index is 10.5. The molecule has 0 unspecified atom stereocenters. The molecule has 12 heavy (non-hydrogen) atoms. The predicted molar refractivity (Wildman–Crippen MR) is 50.8 cm³/mol. The molecule has 0 saturated carbocycles. The van der Waals surface area contributed by atoms with Crippen LogP contribution in [-0.2, 0) is 0 Å². The van der Waals surface area contributed by atoms with Crippen LogP contribution in [0.25, 0.3) is 10.2 Å². The number of thiophene rings is 1. The molecule has 0 bridgehead atoms. The first kappa shape index (κ1) is 7.82. The van der Waals surface area contributed by atoms with Crippen LogP contribution in [-0.4, -0.2) is 16.1 Å². The molecule has 0 aliphatic heterocycles. The Morgan fingerprint density at radius 1 is 1.67 bits per heavy atom. The number of aromatic carboxylic acids is 1. The fourth-order valence-electron chi connectivity index (χ4n) is 0.995.